The number of oxime groups is 1. The van der Waals surface area contributed by atoms with Gasteiger partial charge in [-0.2, -0.15) is 0 Å². The quantitative estimate of drug-likeness (QED) is 0.430. The van der Waals surface area contributed by atoms with Crippen molar-refractivity contribution in [3.63, 3.8) is 0 Å². The molecule has 0 heterocycles. The van der Waals surface area contributed by atoms with Gasteiger partial charge in [-0.3, -0.25) is 0 Å². The SMILES string of the molecule is CCCO/N=C/c1ccc(OCc2ccccc2)c(C)c1. The largest absolute Gasteiger partial charge is 0.489 e. The highest BCUT2D eigenvalue weighted by atomic mass is 16.6. The van der Waals surface area contributed by atoms with Crippen molar-refractivity contribution in [3.8, 4) is 5.75 Å². The number of nitrogens with zero attached hydrogens (tertiary/aromatic N) is 1. The topological polar surface area (TPSA) is 30.8 Å². The maximum Gasteiger partial charge on any atom is 0.122 e. The summed E-state index contributed by atoms with van der Waals surface area (Å²) >= 11 is 0. The van der Waals surface area contributed by atoms with Crippen LogP contribution in [0.15, 0.2) is 53.7 Å². The zero-order valence-corrected chi connectivity index (χ0v) is 12.6. The first-order chi connectivity index (χ1) is 10.3. The van der Waals surface area contributed by atoms with Crippen LogP contribution in [0.1, 0.15) is 30.0 Å². The van der Waals surface area contributed by atoms with Gasteiger partial charge in [0.15, 0.2) is 0 Å². The second-order valence-corrected chi connectivity index (χ2v) is 4.87. The van der Waals surface area contributed by atoms with Crippen LogP contribution < -0.4 is 4.74 Å². The fourth-order valence-electron chi connectivity index (χ4n) is 1.89. The number of hydrogen-bond donors (Lipinski definition) is 0. The Morgan fingerprint density at radius 2 is 1.90 bits per heavy atom. The molecule has 0 saturated heterocycles. The molecule has 21 heavy (non-hydrogen) atoms. The highest BCUT2D eigenvalue weighted by Crippen LogP contribution is 2.19. The molecule has 2 aromatic rings. The van der Waals surface area contributed by atoms with E-state index in [1.54, 1.807) is 6.21 Å². The minimum Gasteiger partial charge on any atom is -0.489 e. The summed E-state index contributed by atoms with van der Waals surface area (Å²) in [4.78, 5) is 5.10. The minimum absolute atomic E-state index is 0.578. The summed E-state index contributed by atoms with van der Waals surface area (Å²) in [5.41, 5.74) is 3.26. The summed E-state index contributed by atoms with van der Waals surface area (Å²) in [6.07, 6.45) is 2.69. The first-order valence-electron chi connectivity index (χ1n) is 7.22. The number of benzene rings is 2. The molecular formula is C18H21NO2. The molecule has 0 N–H and O–H groups in total. The molecule has 0 aliphatic heterocycles. The molecule has 3 nitrogen and oxygen atoms in total. The van der Waals surface area contributed by atoms with Crippen molar-refractivity contribution in [2.45, 2.75) is 26.9 Å². The number of ether oxygens (including phenoxy) is 1. The zero-order valence-electron chi connectivity index (χ0n) is 12.6. The summed E-state index contributed by atoms with van der Waals surface area (Å²) in [5.74, 6) is 0.894. The van der Waals surface area contributed by atoms with Gasteiger partial charge in [0.25, 0.3) is 0 Å². The van der Waals surface area contributed by atoms with E-state index in [2.05, 4.69) is 24.2 Å². The van der Waals surface area contributed by atoms with E-state index in [-0.39, 0.29) is 0 Å². The van der Waals surface area contributed by atoms with Crippen LogP contribution in [0.25, 0.3) is 0 Å². The van der Waals surface area contributed by atoms with Crippen molar-refractivity contribution in [3.05, 3.63) is 65.2 Å². The lowest BCUT2D eigenvalue weighted by atomic mass is 10.1. The van der Waals surface area contributed by atoms with E-state index in [9.17, 15) is 0 Å². The Balaban J connectivity index is 1.94. The molecule has 0 fully saturated rings. The van der Waals surface area contributed by atoms with E-state index in [0.717, 1.165) is 28.9 Å². The Morgan fingerprint density at radius 3 is 2.62 bits per heavy atom. The predicted octanol–water partition coefficient (Wildman–Crippen LogP) is 4.33. The maximum atomic E-state index is 5.85. The van der Waals surface area contributed by atoms with Gasteiger partial charge in [0.05, 0.1) is 6.21 Å². The zero-order chi connectivity index (χ0) is 14.9. The van der Waals surface area contributed by atoms with Crippen LogP contribution in [0.2, 0.25) is 0 Å². The summed E-state index contributed by atoms with van der Waals surface area (Å²) < 4.78 is 5.85. The molecule has 0 unspecified atom stereocenters. The van der Waals surface area contributed by atoms with Gasteiger partial charge in [0.2, 0.25) is 0 Å². The van der Waals surface area contributed by atoms with E-state index in [1.807, 2.05) is 43.3 Å². The number of hydrogen-bond acceptors (Lipinski definition) is 3. The Kier molecular flexibility index (Phi) is 5.83. The van der Waals surface area contributed by atoms with Crippen LogP contribution in [-0.2, 0) is 11.4 Å². The van der Waals surface area contributed by atoms with Crippen molar-refractivity contribution in [2.24, 2.45) is 5.16 Å². The lowest BCUT2D eigenvalue weighted by Crippen LogP contribution is -1.97. The molecule has 2 aromatic carbocycles. The van der Waals surface area contributed by atoms with E-state index in [0.29, 0.717) is 13.2 Å². The Hall–Kier alpha value is -2.29. The van der Waals surface area contributed by atoms with Crippen molar-refractivity contribution < 1.29 is 9.57 Å². The molecule has 0 aromatic heterocycles. The van der Waals surface area contributed by atoms with Crippen LogP contribution in [-0.4, -0.2) is 12.8 Å². The van der Waals surface area contributed by atoms with Crippen LogP contribution in [0.5, 0.6) is 5.75 Å². The van der Waals surface area contributed by atoms with Crippen molar-refractivity contribution in [1.82, 2.24) is 0 Å². The highest BCUT2D eigenvalue weighted by molar-refractivity contribution is 5.79. The van der Waals surface area contributed by atoms with Crippen LogP contribution in [0, 0.1) is 6.92 Å². The number of aryl methyl sites for hydroxylation is 1. The fraction of sp³-hybridized carbons (Fsp3) is 0.278. The average Bonchev–Trinajstić information content (AvgIpc) is 2.52. The van der Waals surface area contributed by atoms with Gasteiger partial charge in [0.1, 0.15) is 19.0 Å². The smallest absolute Gasteiger partial charge is 0.122 e. The molecule has 110 valence electrons. The first kappa shape index (κ1) is 15.1. The third kappa shape index (κ3) is 4.95. The number of rotatable bonds is 7. The molecule has 0 aliphatic carbocycles. The van der Waals surface area contributed by atoms with Gasteiger partial charge >= 0.3 is 0 Å². The Bertz CT molecular complexity index is 579. The first-order valence-corrected chi connectivity index (χ1v) is 7.22. The van der Waals surface area contributed by atoms with Gasteiger partial charge in [-0.05, 0) is 48.2 Å². The monoisotopic (exact) mass is 283 g/mol. The van der Waals surface area contributed by atoms with E-state index < -0.39 is 0 Å². The third-order valence-corrected chi connectivity index (χ3v) is 3.01. The van der Waals surface area contributed by atoms with Gasteiger partial charge in [-0.15, -0.1) is 0 Å². The summed E-state index contributed by atoms with van der Waals surface area (Å²) in [7, 11) is 0. The lowest BCUT2D eigenvalue weighted by molar-refractivity contribution is 0.146. The molecule has 0 radical (unpaired) electrons. The molecule has 0 amide bonds. The van der Waals surface area contributed by atoms with Crippen molar-refractivity contribution >= 4 is 6.21 Å². The van der Waals surface area contributed by atoms with Gasteiger partial charge in [-0.25, -0.2) is 0 Å². The van der Waals surface area contributed by atoms with Crippen molar-refractivity contribution in [2.75, 3.05) is 6.61 Å². The molecule has 0 atom stereocenters. The summed E-state index contributed by atoms with van der Waals surface area (Å²) in [6, 6.07) is 16.1. The average molecular weight is 283 g/mol. The Labute approximate surface area is 126 Å². The van der Waals surface area contributed by atoms with Crippen LogP contribution in [0.4, 0.5) is 0 Å². The van der Waals surface area contributed by atoms with Crippen LogP contribution >= 0.6 is 0 Å². The predicted molar refractivity (Wildman–Crippen MR) is 85.8 cm³/mol. The van der Waals surface area contributed by atoms with Gasteiger partial charge < -0.3 is 9.57 Å². The fourth-order valence-corrected chi connectivity index (χ4v) is 1.89. The molecular weight excluding hydrogens is 262 g/mol. The summed E-state index contributed by atoms with van der Waals surface area (Å²) in [5, 5.41) is 3.93. The highest BCUT2D eigenvalue weighted by Gasteiger charge is 2.01. The van der Waals surface area contributed by atoms with Gasteiger partial charge in [-0.1, -0.05) is 42.4 Å². The molecule has 3 heteroatoms. The molecule has 0 saturated carbocycles. The Morgan fingerprint density at radius 1 is 1.10 bits per heavy atom. The van der Waals surface area contributed by atoms with Gasteiger partial charge in [0, 0.05) is 0 Å². The van der Waals surface area contributed by atoms with Crippen molar-refractivity contribution in [1.29, 1.82) is 0 Å². The second kappa shape index (κ2) is 8.10. The molecule has 2 rings (SSSR count). The standard InChI is InChI=1S/C18H21NO2/c1-3-11-21-19-13-17-9-10-18(15(2)12-17)20-14-16-7-5-4-6-8-16/h4-10,12-13H,3,11,14H2,1-2H3/b19-13+. The van der Waals surface area contributed by atoms with Crippen LogP contribution in [0.3, 0.4) is 0 Å². The lowest BCUT2D eigenvalue weighted by Gasteiger charge is -2.09. The normalized spacial score (nSPS) is 10.8. The van der Waals surface area contributed by atoms with E-state index in [4.69, 9.17) is 9.57 Å². The molecule has 0 bridgehead atoms. The molecule has 0 aliphatic rings. The maximum absolute atomic E-state index is 5.85. The second-order valence-electron chi connectivity index (χ2n) is 4.87. The van der Waals surface area contributed by atoms with E-state index >= 15 is 0 Å². The molecule has 0 spiro atoms. The third-order valence-electron chi connectivity index (χ3n) is 3.01. The summed E-state index contributed by atoms with van der Waals surface area (Å²) in [6.45, 7) is 5.31. The minimum atomic E-state index is 0.578. The van der Waals surface area contributed by atoms with E-state index in [1.165, 1.54) is 0 Å².